The molecule has 164 valence electrons. The molecule has 1 N–H and O–H groups in total. The van der Waals surface area contributed by atoms with Gasteiger partial charge in [0.05, 0.1) is 0 Å². The normalized spacial score (nSPS) is 28.6. The Morgan fingerprint density at radius 3 is 2.81 bits per heavy atom. The quantitative estimate of drug-likeness (QED) is 0.798. The van der Waals surface area contributed by atoms with Crippen molar-refractivity contribution in [1.82, 2.24) is 4.90 Å². The van der Waals surface area contributed by atoms with Crippen LogP contribution in [0.15, 0.2) is 48.5 Å². The third kappa shape index (κ3) is 3.74. The molecular weight excluding hydrogens is 386 g/mol. The number of rotatable bonds is 4. The van der Waals surface area contributed by atoms with E-state index in [1.165, 1.54) is 29.7 Å². The van der Waals surface area contributed by atoms with Gasteiger partial charge in [0.15, 0.2) is 0 Å². The van der Waals surface area contributed by atoms with Gasteiger partial charge in [-0.1, -0.05) is 30.3 Å². The highest BCUT2D eigenvalue weighted by molar-refractivity contribution is 5.93. The Bertz CT molecular complexity index is 947. The smallest absolute Gasteiger partial charge is 0.224 e. The zero-order valence-electron chi connectivity index (χ0n) is 18.6. The third-order valence-electron chi connectivity index (χ3n) is 7.54. The van der Waals surface area contributed by atoms with Crippen molar-refractivity contribution in [3.63, 3.8) is 0 Å². The zero-order valence-corrected chi connectivity index (χ0v) is 18.6. The number of piperidine rings is 1. The number of benzene rings is 2. The van der Waals surface area contributed by atoms with Gasteiger partial charge in [0.25, 0.3) is 0 Å². The van der Waals surface area contributed by atoms with Gasteiger partial charge >= 0.3 is 0 Å². The Kier molecular flexibility index (Phi) is 5.49. The van der Waals surface area contributed by atoms with Crippen molar-refractivity contribution >= 4 is 17.3 Å². The average molecular weight is 420 g/mol. The minimum Gasteiger partial charge on any atom is -0.370 e. The van der Waals surface area contributed by atoms with Gasteiger partial charge in [0.1, 0.15) is 6.23 Å². The van der Waals surface area contributed by atoms with Gasteiger partial charge in [-0.15, -0.1) is 0 Å². The lowest BCUT2D eigenvalue weighted by Crippen LogP contribution is -2.56. The van der Waals surface area contributed by atoms with Crippen molar-refractivity contribution in [2.45, 2.75) is 56.7 Å². The van der Waals surface area contributed by atoms with Gasteiger partial charge in [-0.2, -0.15) is 0 Å². The lowest BCUT2D eigenvalue weighted by atomic mass is 9.81. The van der Waals surface area contributed by atoms with Crippen LogP contribution in [0.4, 0.5) is 11.4 Å². The first kappa shape index (κ1) is 20.5. The standard InChI is InChI=1S/C26H33N3O2/c1-3-31-25-22(19-10-12-23-20(16-19)11-13-24(30)27-23)17-26(28(25)2)14-7-15-29(18-26)21-8-5-4-6-9-21/h4-6,8-10,12,16,22,25H,3,7,11,13-15,17-18H2,1-2H3,(H,27,30). The maximum absolute atomic E-state index is 11.8. The molecule has 0 radical (unpaired) electrons. The minimum atomic E-state index is 0.0805. The second kappa shape index (κ2) is 8.29. The van der Waals surface area contributed by atoms with Crippen LogP contribution in [0.2, 0.25) is 0 Å². The summed E-state index contributed by atoms with van der Waals surface area (Å²) in [6, 6.07) is 17.4. The van der Waals surface area contributed by atoms with Crippen LogP contribution >= 0.6 is 0 Å². The molecule has 5 rings (SSSR count). The van der Waals surface area contributed by atoms with Crippen molar-refractivity contribution in [2.24, 2.45) is 0 Å². The maximum Gasteiger partial charge on any atom is 0.224 e. The molecule has 5 nitrogen and oxygen atoms in total. The summed E-state index contributed by atoms with van der Waals surface area (Å²) in [5.74, 6) is 0.457. The van der Waals surface area contributed by atoms with Crippen molar-refractivity contribution in [3.8, 4) is 0 Å². The zero-order chi connectivity index (χ0) is 21.4. The fourth-order valence-electron chi connectivity index (χ4n) is 5.94. The van der Waals surface area contributed by atoms with Crippen LogP contribution in [0, 0.1) is 0 Å². The first-order valence-electron chi connectivity index (χ1n) is 11.7. The number of nitrogens with zero attached hydrogens (tertiary/aromatic N) is 2. The number of hydrogen-bond donors (Lipinski definition) is 1. The van der Waals surface area contributed by atoms with Crippen LogP contribution < -0.4 is 10.2 Å². The lowest BCUT2D eigenvalue weighted by molar-refractivity contribution is -0.116. The van der Waals surface area contributed by atoms with E-state index in [-0.39, 0.29) is 17.7 Å². The molecular formula is C26H33N3O2. The van der Waals surface area contributed by atoms with Crippen LogP contribution in [0.5, 0.6) is 0 Å². The Balaban J connectivity index is 1.44. The summed E-state index contributed by atoms with van der Waals surface area (Å²) in [4.78, 5) is 16.8. The van der Waals surface area contributed by atoms with E-state index in [2.05, 4.69) is 77.6 Å². The van der Waals surface area contributed by atoms with E-state index in [9.17, 15) is 4.79 Å². The Hall–Kier alpha value is -2.37. The predicted molar refractivity (Wildman–Crippen MR) is 125 cm³/mol. The van der Waals surface area contributed by atoms with Crippen LogP contribution in [0.25, 0.3) is 0 Å². The Morgan fingerprint density at radius 2 is 2.00 bits per heavy atom. The van der Waals surface area contributed by atoms with Crippen molar-refractivity contribution in [3.05, 3.63) is 59.7 Å². The molecule has 2 aromatic rings. The highest BCUT2D eigenvalue weighted by atomic mass is 16.5. The number of nitrogens with one attached hydrogen (secondary N) is 1. The largest absolute Gasteiger partial charge is 0.370 e. The highest BCUT2D eigenvalue weighted by Gasteiger charge is 2.52. The van der Waals surface area contributed by atoms with E-state index in [0.717, 1.165) is 31.6 Å². The van der Waals surface area contributed by atoms with Gasteiger partial charge < -0.3 is 15.0 Å². The summed E-state index contributed by atoms with van der Waals surface area (Å²) < 4.78 is 6.35. The number of carbonyl (C=O) groups is 1. The van der Waals surface area contributed by atoms with Crippen molar-refractivity contribution < 1.29 is 9.53 Å². The monoisotopic (exact) mass is 419 g/mol. The molecule has 2 aromatic carbocycles. The van der Waals surface area contributed by atoms with E-state index < -0.39 is 0 Å². The number of anilines is 2. The molecule has 31 heavy (non-hydrogen) atoms. The molecule has 5 heteroatoms. The molecule has 1 amide bonds. The summed E-state index contributed by atoms with van der Waals surface area (Å²) in [5, 5.41) is 3.02. The third-order valence-corrected chi connectivity index (χ3v) is 7.54. The predicted octanol–water partition coefficient (Wildman–Crippen LogP) is 4.39. The number of aryl methyl sites for hydroxylation is 1. The molecule has 1 spiro atoms. The summed E-state index contributed by atoms with van der Waals surface area (Å²) in [6.45, 7) is 4.96. The van der Waals surface area contributed by atoms with Gasteiger partial charge in [-0.05, 0) is 69.0 Å². The molecule has 2 fully saturated rings. The second-order valence-corrected chi connectivity index (χ2v) is 9.32. The van der Waals surface area contributed by atoms with Gasteiger partial charge in [0.2, 0.25) is 5.91 Å². The number of likely N-dealkylation sites (N-methyl/N-ethyl adjacent to an activating group) is 1. The molecule has 3 aliphatic heterocycles. The van der Waals surface area contributed by atoms with Gasteiger partial charge in [0, 0.05) is 48.9 Å². The van der Waals surface area contributed by atoms with E-state index in [1.54, 1.807) is 0 Å². The second-order valence-electron chi connectivity index (χ2n) is 9.32. The van der Waals surface area contributed by atoms with Gasteiger partial charge in [-0.3, -0.25) is 9.69 Å². The molecule has 3 aliphatic rings. The Labute approximate surface area is 185 Å². The van der Waals surface area contributed by atoms with Crippen LogP contribution in [0.1, 0.15) is 49.7 Å². The molecule has 3 atom stereocenters. The number of para-hydroxylation sites is 1. The average Bonchev–Trinajstić information content (AvgIpc) is 3.05. The topological polar surface area (TPSA) is 44.8 Å². The van der Waals surface area contributed by atoms with Crippen molar-refractivity contribution in [1.29, 1.82) is 0 Å². The number of ether oxygens (including phenoxy) is 1. The van der Waals surface area contributed by atoms with Crippen LogP contribution in [-0.4, -0.2) is 49.3 Å². The first-order chi connectivity index (χ1) is 15.1. The van der Waals surface area contributed by atoms with E-state index in [4.69, 9.17) is 4.74 Å². The lowest BCUT2D eigenvalue weighted by Gasteiger charge is -2.46. The minimum absolute atomic E-state index is 0.0805. The fourth-order valence-corrected chi connectivity index (χ4v) is 5.94. The fraction of sp³-hybridized carbons (Fsp3) is 0.500. The molecule has 0 aliphatic carbocycles. The Morgan fingerprint density at radius 1 is 1.16 bits per heavy atom. The molecule has 3 heterocycles. The summed E-state index contributed by atoms with van der Waals surface area (Å²) >= 11 is 0. The maximum atomic E-state index is 11.8. The van der Waals surface area contributed by atoms with E-state index in [1.807, 2.05) is 0 Å². The number of likely N-dealkylation sites (tertiary alicyclic amines) is 1. The number of hydrogen-bond acceptors (Lipinski definition) is 4. The van der Waals surface area contributed by atoms with E-state index >= 15 is 0 Å². The summed E-state index contributed by atoms with van der Waals surface area (Å²) in [6.07, 6.45) is 4.98. The first-order valence-corrected chi connectivity index (χ1v) is 11.7. The highest BCUT2D eigenvalue weighted by Crippen LogP contribution is 2.48. The SMILES string of the molecule is CCOC1C(c2ccc3c(c2)CCC(=O)N3)CC2(CCCN(c3ccccc3)C2)N1C. The van der Waals surface area contributed by atoms with Gasteiger partial charge in [-0.25, -0.2) is 0 Å². The molecule has 0 bridgehead atoms. The molecule has 0 saturated carbocycles. The van der Waals surface area contributed by atoms with E-state index in [0.29, 0.717) is 18.9 Å². The van der Waals surface area contributed by atoms with Crippen LogP contribution in [0.3, 0.4) is 0 Å². The summed E-state index contributed by atoms with van der Waals surface area (Å²) in [7, 11) is 2.26. The molecule has 3 unspecified atom stereocenters. The van der Waals surface area contributed by atoms with Crippen molar-refractivity contribution in [2.75, 3.05) is 37.0 Å². The molecule has 2 saturated heterocycles. The number of fused-ring (bicyclic) bond motifs is 1. The van der Waals surface area contributed by atoms with Crippen LogP contribution in [-0.2, 0) is 16.0 Å². The number of carbonyl (C=O) groups excluding carboxylic acids is 1. The number of amides is 1. The molecule has 0 aromatic heterocycles. The summed E-state index contributed by atoms with van der Waals surface area (Å²) in [5.41, 5.74) is 5.00.